The Morgan fingerprint density at radius 1 is 0.667 bits per heavy atom. The van der Waals surface area contributed by atoms with E-state index in [1.54, 1.807) is 29.3 Å². The minimum atomic E-state index is -0.547. The molecule has 0 bridgehead atoms. The highest BCUT2D eigenvalue weighted by atomic mass is 32.2. The van der Waals surface area contributed by atoms with Gasteiger partial charge in [0.25, 0.3) is 0 Å². The first-order valence-electron chi connectivity index (χ1n) is 16.8. The summed E-state index contributed by atoms with van der Waals surface area (Å²) in [5.74, 6) is 1.65. The van der Waals surface area contributed by atoms with Crippen LogP contribution in [0.15, 0.2) is 157 Å². The Morgan fingerprint density at radius 3 is 1.90 bits per heavy atom. The fourth-order valence-electron chi connectivity index (χ4n) is 7.95. The summed E-state index contributed by atoms with van der Waals surface area (Å²) in [6.07, 6.45) is 1.78. The van der Waals surface area contributed by atoms with Gasteiger partial charge in [-0.05, 0) is 104 Å². The average Bonchev–Trinajstić information content (AvgIpc) is 3.75. The number of hydrogen-bond donors (Lipinski definition) is 0. The summed E-state index contributed by atoms with van der Waals surface area (Å²) in [4.78, 5) is 25.0. The summed E-state index contributed by atoms with van der Waals surface area (Å²) in [7, 11) is 0. The Kier molecular flexibility index (Phi) is 6.81. The SMILES string of the molecule is C=CSC1=C(C)C2(c3cc4ccccc4cc3N(c3nc(-c4ccccc4)nc(-c4ccccn4)n3)c3cc4ccccc4cc32)c2ccsc21. The largest absolute Gasteiger partial charge is 0.278 e. The quantitative estimate of drug-likeness (QED) is 0.179. The van der Waals surface area contributed by atoms with Crippen LogP contribution in [0.25, 0.3) is 49.4 Å². The standard InChI is InChI=1S/C44H29N5S2/c1-3-50-39-27(2)44(33-20-22-51-40(33)39)34-23-29-15-7-9-17-31(29)25-37(34)49(38-26-32-18-10-8-16-30(32)24-35(38)44)43-47-41(28-13-5-4-6-14-28)46-42(48-43)36-19-11-12-21-45-36/h3-26H,1H2,2H3. The molecule has 0 fully saturated rings. The van der Waals surface area contributed by atoms with E-state index in [-0.39, 0.29) is 0 Å². The second kappa shape index (κ2) is 11.6. The van der Waals surface area contributed by atoms with Gasteiger partial charge in [0.15, 0.2) is 11.6 Å². The summed E-state index contributed by atoms with van der Waals surface area (Å²) in [5.41, 5.74) is 8.12. The van der Waals surface area contributed by atoms with Crippen molar-refractivity contribution in [3.63, 3.8) is 0 Å². The molecule has 1 aliphatic heterocycles. The van der Waals surface area contributed by atoms with Crippen molar-refractivity contribution in [1.82, 2.24) is 19.9 Å². The lowest BCUT2D eigenvalue weighted by Crippen LogP contribution is -2.37. The molecule has 2 aliphatic rings. The molecular formula is C44H29N5S2. The average molecular weight is 692 g/mol. The van der Waals surface area contributed by atoms with E-state index in [9.17, 15) is 0 Å². The second-order valence-electron chi connectivity index (χ2n) is 12.8. The Balaban J connectivity index is 1.36. The zero-order valence-corrected chi connectivity index (χ0v) is 29.2. The van der Waals surface area contributed by atoms with Gasteiger partial charge in [-0.25, -0.2) is 4.98 Å². The van der Waals surface area contributed by atoms with Crippen molar-refractivity contribution in [3.05, 3.63) is 178 Å². The van der Waals surface area contributed by atoms with Crippen LogP contribution in [0.2, 0.25) is 0 Å². The Morgan fingerprint density at radius 2 is 1.27 bits per heavy atom. The lowest BCUT2D eigenvalue weighted by atomic mass is 9.64. The van der Waals surface area contributed by atoms with Crippen molar-refractivity contribution >= 4 is 66.9 Å². The van der Waals surface area contributed by atoms with E-state index in [4.69, 9.17) is 15.0 Å². The molecule has 0 saturated heterocycles. The third-order valence-electron chi connectivity index (χ3n) is 10.1. The minimum Gasteiger partial charge on any atom is -0.278 e. The predicted octanol–water partition coefficient (Wildman–Crippen LogP) is 11.7. The van der Waals surface area contributed by atoms with Crippen LogP contribution in [0.3, 0.4) is 0 Å². The van der Waals surface area contributed by atoms with Crippen LogP contribution in [0.5, 0.6) is 0 Å². The van der Waals surface area contributed by atoms with Gasteiger partial charge in [-0.2, -0.15) is 9.97 Å². The van der Waals surface area contributed by atoms with Crippen molar-refractivity contribution in [2.45, 2.75) is 12.3 Å². The molecular weight excluding hydrogens is 663 g/mol. The number of aromatic nitrogens is 4. The molecule has 5 aromatic carbocycles. The van der Waals surface area contributed by atoms with Gasteiger partial charge in [0.05, 0.1) is 16.8 Å². The second-order valence-corrected chi connectivity index (χ2v) is 14.7. The lowest BCUT2D eigenvalue weighted by molar-refractivity contribution is 0.732. The van der Waals surface area contributed by atoms with Crippen LogP contribution in [-0.4, -0.2) is 19.9 Å². The minimum absolute atomic E-state index is 0.520. The highest BCUT2D eigenvalue weighted by Crippen LogP contribution is 2.65. The summed E-state index contributed by atoms with van der Waals surface area (Å²) in [5, 5.41) is 8.84. The van der Waals surface area contributed by atoms with Gasteiger partial charge in [-0.3, -0.25) is 9.88 Å². The molecule has 1 spiro atoms. The van der Waals surface area contributed by atoms with Crippen molar-refractivity contribution in [2.75, 3.05) is 4.90 Å². The third-order valence-corrected chi connectivity index (χ3v) is 12.1. The molecule has 51 heavy (non-hydrogen) atoms. The first-order valence-corrected chi connectivity index (χ1v) is 18.6. The molecule has 0 unspecified atom stereocenters. The van der Waals surface area contributed by atoms with E-state index >= 15 is 0 Å². The van der Waals surface area contributed by atoms with E-state index in [0.29, 0.717) is 23.3 Å². The summed E-state index contributed by atoms with van der Waals surface area (Å²) in [6, 6.07) is 44.9. The monoisotopic (exact) mass is 691 g/mol. The number of pyridine rings is 1. The van der Waals surface area contributed by atoms with Crippen LogP contribution < -0.4 is 4.90 Å². The van der Waals surface area contributed by atoms with Gasteiger partial charge in [-0.1, -0.05) is 103 Å². The summed E-state index contributed by atoms with van der Waals surface area (Å²) < 4.78 is 0. The zero-order valence-electron chi connectivity index (χ0n) is 27.6. The molecule has 242 valence electrons. The first-order chi connectivity index (χ1) is 25.1. The van der Waals surface area contributed by atoms with E-state index in [1.807, 2.05) is 53.9 Å². The number of benzene rings is 5. The van der Waals surface area contributed by atoms with E-state index in [1.165, 1.54) is 42.8 Å². The van der Waals surface area contributed by atoms with Crippen LogP contribution in [-0.2, 0) is 5.41 Å². The van der Waals surface area contributed by atoms with E-state index in [2.05, 4.69) is 108 Å². The molecule has 4 heterocycles. The third kappa shape index (κ3) is 4.41. The zero-order chi connectivity index (χ0) is 34.1. The van der Waals surface area contributed by atoms with Crippen molar-refractivity contribution in [1.29, 1.82) is 0 Å². The van der Waals surface area contributed by atoms with Gasteiger partial charge < -0.3 is 0 Å². The van der Waals surface area contributed by atoms with Crippen molar-refractivity contribution < 1.29 is 0 Å². The number of thiophene rings is 1. The highest BCUT2D eigenvalue weighted by molar-refractivity contribution is 8.11. The number of rotatable bonds is 5. The maximum absolute atomic E-state index is 5.27. The summed E-state index contributed by atoms with van der Waals surface area (Å²) >= 11 is 3.52. The molecule has 0 amide bonds. The smallest absolute Gasteiger partial charge is 0.238 e. The number of hydrogen-bond acceptors (Lipinski definition) is 7. The molecule has 0 saturated carbocycles. The van der Waals surface area contributed by atoms with Gasteiger partial charge in [0, 0.05) is 21.5 Å². The Hall–Kier alpha value is -5.89. The van der Waals surface area contributed by atoms with E-state index < -0.39 is 5.41 Å². The number of fused-ring (bicyclic) bond motifs is 8. The molecule has 1 aliphatic carbocycles. The highest BCUT2D eigenvalue weighted by Gasteiger charge is 2.53. The topological polar surface area (TPSA) is 54.8 Å². The number of thioether (sulfide) groups is 1. The van der Waals surface area contributed by atoms with Gasteiger partial charge >= 0.3 is 0 Å². The van der Waals surface area contributed by atoms with E-state index in [0.717, 1.165) is 27.7 Å². The number of nitrogens with zero attached hydrogens (tertiary/aromatic N) is 5. The van der Waals surface area contributed by atoms with Crippen molar-refractivity contribution in [2.24, 2.45) is 0 Å². The molecule has 0 atom stereocenters. The first kappa shape index (κ1) is 30.0. The van der Waals surface area contributed by atoms with Crippen molar-refractivity contribution in [3.8, 4) is 22.9 Å². The Bertz CT molecular complexity index is 2570. The lowest BCUT2D eigenvalue weighted by Gasteiger charge is -2.44. The molecule has 5 nitrogen and oxygen atoms in total. The predicted molar refractivity (Wildman–Crippen MR) is 213 cm³/mol. The van der Waals surface area contributed by atoms with Gasteiger partial charge in [0.2, 0.25) is 5.95 Å². The maximum Gasteiger partial charge on any atom is 0.238 e. The number of anilines is 3. The molecule has 0 N–H and O–H groups in total. The van der Waals surface area contributed by atoms with Crippen LogP contribution in [0.1, 0.15) is 28.5 Å². The normalized spacial score (nSPS) is 14.2. The molecule has 10 rings (SSSR count). The van der Waals surface area contributed by atoms with Crippen LogP contribution in [0.4, 0.5) is 17.3 Å². The maximum atomic E-state index is 5.27. The fourth-order valence-corrected chi connectivity index (χ4v) is 9.90. The fraction of sp³-hybridized carbons (Fsp3) is 0.0455. The summed E-state index contributed by atoms with van der Waals surface area (Å²) in [6.45, 7) is 6.44. The molecule has 7 heteroatoms. The molecule has 8 aromatic rings. The van der Waals surface area contributed by atoms with Gasteiger partial charge in [-0.15, -0.1) is 11.3 Å². The van der Waals surface area contributed by atoms with Gasteiger partial charge in [0.1, 0.15) is 5.69 Å². The molecule has 3 aromatic heterocycles. The number of allylic oxidation sites excluding steroid dienone is 1. The molecule has 0 radical (unpaired) electrons. The van der Waals surface area contributed by atoms with Crippen LogP contribution in [0, 0.1) is 0 Å². The Labute approximate surface area is 303 Å². The van der Waals surface area contributed by atoms with Crippen LogP contribution >= 0.6 is 23.1 Å².